The quantitative estimate of drug-likeness (QED) is 0.938. The Morgan fingerprint density at radius 1 is 1.36 bits per heavy atom. The van der Waals surface area contributed by atoms with Crippen molar-refractivity contribution < 1.29 is 14.7 Å². The fraction of sp³-hybridized carbons (Fsp3) is 0.312. The Morgan fingerprint density at radius 2 is 2.18 bits per heavy atom. The number of nitrogens with zero attached hydrogens (tertiary/aromatic N) is 3. The fourth-order valence-electron chi connectivity index (χ4n) is 2.79. The highest BCUT2D eigenvalue weighted by atomic mass is 16.4. The summed E-state index contributed by atoms with van der Waals surface area (Å²) in [7, 11) is 0. The van der Waals surface area contributed by atoms with Gasteiger partial charge in [0.2, 0.25) is 0 Å². The first-order chi connectivity index (χ1) is 10.5. The highest BCUT2D eigenvalue weighted by Crippen LogP contribution is 2.29. The number of carboxylic acids is 1. The number of aryl methyl sites for hydroxylation is 2. The summed E-state index contributed by atoms with van der Waals surface area (Å²) in [5.41, 5.74) is 3.71. The van der Waals surface area contributed by atoms with Crippen LogP contribution < -0.4 is 4.90 Å². The van der Waals surface area contributed by atoms with Crippen molar-refractivity contribution >= 4 is 17.6 Å². The molecule has 0 saturated heterocycles. The lowest BCUT2D eigenvalue weighted by Crippen LogP contribution is -2.35. The lowest BCUT2D eigenvalue weighted by atomic mass is 9.99. The summed E-state index contributed by atoms with van der Waals surface area (Å²) in [6.45, 7) is 2.46. The van der Waals surface area contributed by atoms with E-state index in [-0.39, 0.29) is 12.5 Å². The van der Waals surface area contributed by atoms with Crippen molar-refractivity contribution in [2.24, 2.45) is 0 Å². The van der Waals surface area contributed by atoms with Gasteiger partial charge < -0.3 is 10.0 Å². The van der Waals surface area contributed by atoms with Crippen LogP contribution in [-0.4, -0.2) is 33.3 Å². The number of benzene rings is 1. The van der Waals surface area contributed by atoms with Crippen molar-refractivity contribution in [2.75, 3.05) is 11.4 Å². The first-order valence-corrected chi connectivity index (χ1v) is 7.20. The molecule has 0 bridgehead atoms. The van der Waals surface area contributed by atoms with E-state index in [9.17, 15) is 9.59 Å². The van der Waals surface area contributed by atoms with Gasteiger partial charge in [0.15, 0.2) is 0 Å². The minimum atomic E-state index is -0.985. The second kappa shape index (κ2) is 5.63. The summed E-state index contributed by atoms with van der Waals surface area (Å²) >= 11 is 0. The molecule has 1 amide bonds. The molecule has 6 nitrogen and oxygen atoms in total. The van der Waals surface area contributed by atoms with Crippen LogP contribution in [0.15, 0.2) is 30.6 Å². The monoisotopic (exact) mass is 299 g/mol. The van der Waals surface area contributed by atoms with E-state index in [2.05, 4.69) is 11.2 Å². The van der Waals surface area contributed by atoms with Crippen molar-refractivity contribution in [3.8, 4) is 0 Å². The van der Waals surface area contributed by atoms with E-state index in [1.807, 2.05) is 19.1 Å². The van der Waals surface area contributed by atoms with E-state index in [1.165, 1.54) is 28.2 Å². The third-order valence-electron chi connectivity index (χ3n) is 3.78. The molecule has 0 saturated carbocycles. The number of hydrogen-bond acceptors (Lipinski definition) is 3. The summed E-state index contributed by atoms with van der Waals surface area (Å²) in [4.78, 5) is 25.1. The number of aromatic nitrogens is 2. The zero-order chi connectivity index (χ0) is 15.7. The summed E-state index contributed by atoms with van der Waals surface area (Å²) in [6, 6.07) is 6.09. The number of carbonyl (C=O) groups is 2. The highest BCUT2D eigenvalue weighted by Gasteiger charge is 2.24. The molecule has 2 aromatic rings. The fourth-order valence-corrected chi connectivity index (χ4v) is 2.79. The number of hydrogen-bond donors (Lipinski definition) is 1. The number of aliphatic carboxylic acids is 1. The van der Waals surface area contributed by atoms with E-state index in [4.69, 9.17) is 5.11 Å². The number of amides is 1. The van der Waals surface area contributed by atoms with E-state index >= 15 is 0 Å². The lowest BCUT2D eigenvalue weighted by molar-refractivity contribution is -0.137. The minimum absolute atomic E-state index is 0.138. The van der Waals surface area contributed by atoms with Gasteiger partial charge in [0.05, 0.1) is 11.8 Å². The lowest BCUT2D eigenvalue weighted by Gasteiger charge is -2.29. The maximum absolute atomic E-state index is 12.7. The predicted molar refractivity (Wildman–Crippen MR) is 81.0 cm³/mol. The Balaban J connectivity index is 1.87. The van der Waals surface area contributed by atoms with Gasteiger partial charge in [-0.3, -0.25) is 14.3 Å². The third kappa shape index (κ3) is 2.72. The van der Waals surface area contributed by atoms with Crippen molar-refractivity contribution in [1.82, 2.24) is 9.78 Å². The van der Waals surface area contributed by atoms with Gasteiger partial charge in [-0.05, 0) is 31.4 Å². The van der Waals surface area contributed by atoms with Crippen LogP contribution >= 0.6 is 0 Å². The third-order valence-corrected chi connectivity index (χ3v) is 3.78. The molecule has 0 radical (unpaired) electrons. The van der Waals surface area contributed by atoms with E-state index in [0.29, 0.717) is 12.1 Å². The Hall–Kier alpha value is -2.63. The predicted octanol–water partition coefficient (Wildman–Crippen LogP) is 1.87. The van der Waals surface area contributed by atoms with Gasteiger partial charge in [0.1, 0.15) is 6.54 Å². The first-order valence-electron chi connectivity index (χ1n) is 7.20. The molecule has 1 N–H and O–H groups in total. The van der Waals surface area contributed by atoms with Gasteiger partial charge in [-0.25, -0.2) is 0 Å². The molecule has 1 aromatic carbocycles. The van der Waals surface area contributed by atoms with Crippen LogP contribution in [0.3, 0.4) is 0 Å². The molecule has 1 aromatic heterocycles. The molecule has 3 rings (SSSR count). The molecule has 0 spiro atoms. The van der Waals surface area contributed by atoms with Crippen LogP contribution in [0.25, 0.3) is 0 Å². The van der Waals surface area contributed by atoms with Crippen LogP contribution in [0.5, 0.6) is 0 Å². The normalized spacial score (nSPS) is 13.8. The number of fused-ring (bicyclic) bond motifs is 1. The molecular weight excluding hydrogens is 282 g/mol. The van der Waals surface area contributed by atoms with Gasteiger partial charge in [0, 0.05) is 18.4 Å². The molecule has 114 valence electrons. The highest BCUT2D eigenvalue weighted by molar-refractivity contribution is 6.06. The molecule has 0 fully saturated rings. The Bertz CT molecular complexity index is 736. The van der Waals surface area contributed by atoms with E-state index in [0.717, 1.165) is 18.5 Å². The number of anilines is 1. The number of carbonyl (C=O) groups excluding carboxylic acids is 1. The zero-order valence-corrected chi connectivity index (χ0v) is 12.3. The first kappa shape index (κ1) is 14.3. The molecule has 1 aliphatic rings. The molecule has 0 aliphatic carbocycles. The summed E-state index contributed by atoms with van der Waals surface area (Å²) in [6.07, 6.45) is 4.80. The summed E-state index contributed by atoms with van der Waals surface area (Å²) in [5.74, 6) is -1.12. The smallest absolute Gasteiger partial charge is 0.325 e. The number of rotatable bonds is 3. The van der Waals surface area contributed by atoms with Crippen molar-refractivity contribution in [3.05, 3.63) is 47.3 Å². The molecule has 22 heavy (non-hydrogen) atoms. The maximum atomic E-state index is 12.7. The van der Waals surface area contributed by atoms with Crippen LogP contribution in [-0.2, 0) is 17.8 Å². The Morgan fingerprint density at radius 3 is 2.95 bits per heavy atom. The van der Waals surface area contributed by atoms with E-state index in [1.54, 1.807) is 4.90 Å². The van der Waals surface area contributed by atoms with Crippen molar-refractivity contribution in [1.29, 1.82) is 0 Å². The van der Waals surface area contributed by atoms with Crippen LogP contribution in [0.2, 0.25) is 0 Å². The topological polar surface area (TPSA) is 75.4 Å². The molecule has 0 atom stereocenters. The minimum Gasteiger partial charge on any atom is -0.480 e. The second-order valence-electron chi connectivity index (χ2n) is 5.51. The van der Waals surface area contributed by atoms with Crippen LogP contribution in [0.4, 0.5) is 5.69 Å². The van der Waals surface area contributed by atoms with Gasteiger partial charge in [-0.1, -0.05) is 17.7 Å². The molecule has 0 unspecified atom stereocenters. The van der Waals surface area contributed by atoms with E-state index < -0.39 is 5.97 Å². The van der Waals surface area contributed by atoms with Crippen LogP contribution in [0, 0.1) is 6.92 Å². The molecule has 6 heteroatoms. The maximum Gasteiger partial charge on any atom is 0.325 e. The summed E-state index contributed by atoms with van der Waals surface area (Å²) < 4.78 is 1.26. The second-order valence-corrected chi connectivity index (χ2v) is 5.51. The number of carboxylic acid groups (broad SMARTS) is 1. The standard InChI is InChI=1S/C16H17N3O3/c1-11-4-5-14-12(7-11)3-2-6-19(14)16(22)13-8-17-18(9-13)10-15(20)21/h4-5,7-9H,2-3,6,10H2,1H3,(H,20,21). The van der Waals surface area contributed by atoms with Gasteiger partial charge in [0.25, 0.3) is 5.91 Å². The summed E-state index contributed by atoms with van der Waals surface area (Å²) in [5, 5.41) is 12.7. The molecule has 2 heterocycles. The zero-order valence-electron chi connectivity index (χ0n) is 12.3. The van der Waals surface area contributed by atoms with Crippen LogP contribution in [0.1, 0.15) is 27.9 Å². The largest absolute Gasteiger partial charge is 0.480 e. The Kier molecular flexibility index (Phi) is 3.66. The average molecular weight is 299 g/mol. The molecular formula is C16H17N3O3. The van der Waals surface area contributed by atoms with Gasteiger partial charge in [-0.15, -0.1) is 0 Å². The average Bonchev–Trinajstić information content (AvgIpc) is 2.93. The van der Waals surface area contributed by atoms with Crippen molar-refractivity contribution in [3.63, 3.8) is 0 Å². The SMILES string of the molecule is Cc1ccc2c(c1)CCCN2C(=O)c1cnn(CC(=O)O)c1. The molecule has 1 aliphatic heterocycles. The van der Waals surface area contributed by atoms with Gasteiger partial charge in [-0.2, -0.15) is 5.10 Å². The Labute approximate surface area is 128 Å². The van der Waals surface area contributed by atoms with Crippen molar-refractivity contribution in [2.45, 2.75) is 26.3 Å². The van der Waals surface area contributed by atoms with Gasteiger partial charge >= 0.3 is 5.97 Å².